The standard InChI is InChI=1S/C12H13O2S/c1-15(2,13)14-12-9-5-7-10-6-3-4-8-11(10)12/h3-9H,1-2H3/q+1. The first kappa shape index (κ1) is 10.2. The highest BCUT2D eigenvalue weighted by Crippen LogP contribution is 2.26. The van der Waals surface area contributed by atoms with E-state index in [9.17, 15) is 4.21 Å². The second-order valence-corrected chi connectivity index (χ2v) is 6.16. The summed E-state index contributed by atoms with van der Waals surface area (Å²) in [6.45, 7) is 0. The lowest BCUT2D eigenvalue weighted by atomic mass is 10.1. The monoisotopic (exact) mass is 221 g/mol. The maximum absolute atomic E-state index is 11.6. The van der Waals surface area contributed by atoms with Crippen molar-refractivity contribution in [2.24, 2.45) is 0 Å². The molecular formula is C12H13O2S+. The second-order valence-electron chi connectivity index (χ2n) is 3.70. The van der Waals surface area contributed by atoms with Crippen molar-refractivity contribution in [2.45, 2.75) is 0 Å². The molecule has 0 fully saturated rings. The molecule has 0 aliphatic rings. The Bertz CT molecular complexity index is 523. The summed E-state index contributed by atoms with van der Waals surface area (Å²) in [6, 6.07) is 13.7. The zero-order chi connectivity index (χ0) is 10.9. The zero-order valence-corrected chi connectivity index (χ0v) is 9.58. The molecule has 2 aromatic rings. The average Bonchev–Trinajstić information content (AvgIpc) is 2.16. The topological polar surface area (TPSA) is 26.3 Å². The third-order valence-electron chi connectivity index (χ3n) is 2.04. The summed E-state index contributed by atoms with van der Waals surface area (Å²) >= 11 is 0. The van der Waals surface area contributed by atoms with Crippen LogP contribution in [-0.4, -0.2) is 12.5 Å². The van der Waals surface area contributed by atoms with Crippen LogP contribution in [0.4, 0.5) is 0 Å². The smallest absolute Gasteiger partial charge is 0.253 e. The summed E-state index contributed by atoms with van der Waals surface area (Å²) in [5, 5.41) is 2.09. The van der Waals surface area contributed by atoms with Crippen LogP contribution in [0.5, 0.6) is 5.75 Å². The van der Waals surface area contributed by atoms with Gasteiger partial charge in [-0.05, 0) is 11.5 Å². The Kier molecular flexibility index (Phi) is 2.49. The molecule has 0 bridgehead atoms. The van der Waals surface area contributed by atoms with Gasteiger partial charge in [0.05, 0.1) is 0 Å². The Hall–Kier alpha value is -1.35. The van der Waals surface area contributed by atoms with Gasteiger partial charge in [0, 0.05) is 5.39 Å². The van der Waals surface area contributed by atoms with Crippen molar-refractivity contribution < 1.29 is 8.39 Å². The zero-order valence-electron chi connectivity index (χ0n) is 8.77. The van der Waals surface area contributed by atoms with Gasteiger partial charge in [0.15, 0.2) is 5.75 Å². The first-order chi connectivity index (χ1) is 7.06. The summed E-state index contributed by atoms with van der Waals surface area (Å²) in [4.78, 5) is 0. The molecule has 0 heterocycles. The quantitative estimate of drug-likeness (QED) is 0.729. The van der Waals surface area contributed by atoms with Crippen LogP contribution >= 0.6 is 0 Å². The number of hydrogen-bond acceptors (Lipinski definition) is 2. The van der Waals surface area contributed by atoms with Crippen LogP contribution in [0.3, 0.4) is 0 Å². The van der Waals surface area contributed by atoms with E-state index in [1.807, 2.05) is 42.5 Å². The Balaban J connectivity index is 2.56. The summed E-state index contributed by atoms with van der Waals surface area (Å²) in [7, 11) is -2.22. The second kappa shape index (κ2) is 3.66. The van der Waals surface area contributed by atoms with Crippen molar-refractivity contribution in [2.75, 3.05) is 12.5 Å². The predicted molar refractivity (Wildman–Crippen MR) is 64.5 cm³/mol. The SMILES string of the molecule is C[S+](C)(=O)Oc1cccc2ccccc12. The lowest BCUT2D eigenvalue weighted by molar-refractivity contribution is 0.513. The third kappa shape index (κ3) is 2.36. The largest absolute Gasteiger partial charge is 0.286 e. The molecule has 0 aromatic heterocycles. The molecule has 0 spiro atoms. The number of hydrogen-bond donors (Lipinski definition) is 0. The van der Waals surface area contributed by atoms with Gasteiger partial charge in [0.2, 0.25) is 0 Å². The van der Waals surface area contributed by atoms with Crippen LogP contribution in [0.15, 0.2) is 42.5 Å². The van der Waals surface area contributed by atoms with Gasteiger partial charge < -0.3 is 0 Å². The van der Waals surface area contributed by atoms with Crippen molar-refractivity contribution in [1.82, 2.24) is 0 Å². The Morgan fingerprint density at radius 3 is 2.40 bits per heavy atom. The van der Waals surface area contributed by atoms with E-state index in [0.717, 1.165) is 10.8 Å². The summed E-state index contributed by atoms with van der Waals surface area (Å²) in [5.41, 5.74) is 0. The van der Waals surface area contributed by atoms with E-state index in [1.54, 1.807) is 12.5 Å². The van der Waals surface area contributed by atoms with Gasteiger partial charge in [-0.2, -0.15) is 0 Å². The van der Waals surface area contributed by atoms with E-state index in [4.69, 9.17) is 4.18 Å². The van der Waals surface area contributed by atoms with Crippen LogP contribution in [-0.2, 0) is 14.4 Å². The van der Waals surface area contributed by atoms with Crippen LogP contribution in [0.1, 0.15) is 0 Å². The fourth-order valence-corrected chi connectivity index (χ4v) is 2.06. The van der Waals surface area contributed by atoms with Gasteiger partial charge in [-0.1, -0.05) is 40.6 Å². The fraction of sp³-hybridized carbons (Fsp3) is 0.167. The van der Waals surface area contributed by atoms with Gasteiger partial charge in [0.1, 0.15) is 12.5 Å². The minimum absolute atomic E-state index is 0.683. The first-order valence-electron chi connectivity index (χ1n) is 4.68. The lowest BCUT2D eigenvalue weighted by Crippen LogP contribution is -2.13. The Labute approximate surface area is 90.5 Å². The molecular weight excluding hydrogens is 208 g/mol. The number of rotatable bonds is 2. The molecule has 0 radical (unpaired) electrons. The molecule has 3 heteroatoms. The van der Waals surface area contributed by atoms with E-state index in [0.29, 0.717) is 5.75 Å². The predicted octanol–water partition coefficient (Wildman–Crippen LogP) is 2.89. The third-order valence-corrected chi connectivity index (χ3v) is 2.62. The van der Waals surface area contributed by atoms with E-state index in [1.165, 1.54) is 0 Å². The van der Waals surface area contributed by atoms with E-state index < -0.39 is 10.2 Å². The summed E-state index contributed by atoms with van der Waals surface area (Å²) < 4.78 is 17.0. The maximum Gasteiger partial charge on any atom is 0.253 e. The van der Waals surface area contributed by atoms with Crippen molar-refractivity contribution in [3.63, 3.8) is 0 Å². The molecule has 2 aromatic carbocycles. The van der Waals surface area contributed by atoms with E-state index in [-0.39, 0.29) is 0 Å². The highest BCUT2D eigenvalue weighted by Gasteiger charge is 2.16. The minimum atomic E-state index is -2.22. The molecule has 0 saturated heterocycles. The fourth-order valence-electron chi connectivity index (χ4n) is 1.48. The summed E-state index contributed by atoms with van der Waals surface area (Å²) in [5.74, 6) is 0.683. The average molecular weight is 221 g/mol. The lowest BCUT2D eigenvalue weighted by Gasteiger charge is -2.05. The van der Waals surface area contributed by atoms with Gasteiger partial charge in [-0.25, -0.2) is 0 Å². The van der Waals surface area contributed by atoms with Crippen molar-refractivity contribution >= 4 is 21.0 Å². The molecule has 0 unspecified atom stereocenters. The Morgan fingerprint density at radius 2 is 1.67 bits per heavy atom. The van der Waals surface area contributed by atoms with E-state index >= 15 is 0 Å². The molecule has 2 nitrogen and oxygen atoms in total. The van der Waals surface area contributed by atoms with Gasteiger partial charge in [-0.15, -0.1) is 0 Å². The number of benzene rings is 2. The molecule has 78 valence electrons. The van der Waals surface area contributed by atoms with Crippen molar-refractivity contribution in [3.05, 3.63) is 42.5 Å². The summed E-state index contributed by atoms with van der Waals surface area (Å²) in [6.07, 6.45) is 3.18. The van der Waals surface area contributed by atoms with Crippen molar-refractivity contribution in [1.29, 1.82) is 0 Å². The Morgan fingerprint density at radius 1 is 1.00 bits per heavy atom. The van der Waals surface area contributed by atoms with Crippen LogP contribution in [0, 0.1) is 0 Å². The molecule has 0 aliphatic heterocycles. The van der Waals surface area contributed by atoms with Gasteiger partial charge in [-0.3, -0.25) is 4.18 Å². The number of fused-ring (bicyclic) bond motifs is 1. The van der Waals surface area contributed by atoms with Crippen LogP contribution < -0.4 is 4.18 Å². The first-order valence-corrected chi connectivity index (χ1v) is 6.97. The normalized spacial score (nSPS) is 11.6. The highest BCUT2D eigenvalue weighted by atomic mass is 32.3. The molecule has 15 heavy (non-hydrogen) atoms. The van der Waals surface area contributed by atoms with Crippen LogP contribution in [0.2, 0.25) is 0 Å². The molecule has 2 rings (SSSR count). The highest BCUT2D eigenvalue weighted by molar-refractivity contribution is 7.97. The molecule has 0 saturated carbocycles. The molecule has 0 aliphatic carbocycles. The molecule has 0 amide bonds. The molecule has 0 atom stereocenters. The molecule has 0 N–H and O–H groups in total. The van der Waals surface area contributed by atoms with Gasteiger partial charge >= 0.3 is 0 Å². The van der Waals surface area contributed by atoms with Gasteiger partial charge in [0.25, 0.3) is 10.2 Å². The van der Waals surface area contributed by atoms with Crippen LogP contribution in [0.25, 0.3) is 10.8 Å². The minimum Gasteiger partial charge on any atom is -0.286 e. The maximum atomic E-state index is 11.6. The van der Waals surface area contributed by atoms with Crippen molar-refractivity contribution in [3.8, 4) is 5.75 Å². The van der Waals surface area contributed by atoms with E-state index in [2.05, 4.69) is 0 Å².